The van der Waals surface area contributed by atoms with Crippen molar-refractivity contribution in [1.82, 2.24) is 20.1 Å². The Labute approximate surface area is 214 Å². The lowest BCUT2D eigenvalue weighted by Gasteiger charge is -2.29. The number of nitrogens with zero attached hydrogens (tertiary/aromatic N) is 3. The van der Waals surface area contributed by atoms with Crippen molar-refractivity contribution in [2.24, 2.45) is 0 Å². The summed E-state index contributed by atoms with van der Waals surface area (Å²) >= 11 is 9.50. The highest BCUT2D eigenvalue weighted by atomic mass is 79.9. The lowest BCUT2D eigenvalue weighted by Crippen LogP contribution is -2.38. The molecule has 0 saturated carbocycles. The van der Waals surface area contributed by atoms with Gasteiger partial charge in [-0.1, -0.05) is 28.1 Å². The number of thiocarbonyl (C=S) groups is 1. The van der Waals surface area contributed by atoms with Crippen molar-refractivity contribution in [2.45, 2.75) is 25.4 Å². The largest absolute Gasteiger partial charge is 0.459 e. The molecule has 4 heterocycles. The molecule has 1 aromatic carbocycles. The standard InChI is InChI=1S/C26H29BrN4O2S/c1-18-6-7-19(20(27)17-18)22-8-9-23(33-22)25-24(21-5-2-3-10-28-21)29-26(34)31(25)12-4-11-30-13-15-32-16-14-30/h2-3,5-10,17,24-25H,4,11-16H2,1H3,(H,29,34)/t24-,25-/m1/s1. The summed E-state index contributed by atoms with van der Waals surface area (Å²) in [6, 6.07) is 16.3. The number of hydrogen-bond donors (Lipinski definition) is 1. The van der Waals surface area contributed by atoms with Crippen LogP contribution in [0.1, 0.15) is 35.5 Å². The summed E-state index contributed by atoms with van der Waals surface area (Å²) in [5, 5.41) is 4.26. The van der Waals surface area contributed by atoms with Crippen LogP contribution in [0.3, 0.4) is 0 Å². The topological polar surface area (TPSA) is 53.8 Å². The van der Waals surface area contributed by atoms with E-state index in [1.807, 2.05) is 30.5 Å². The first-order valence-electron chi connectivity index (χ1n) is 11.7. The Bertz CT molecular complexity index is 1130. The minimum absolute atomic E-state index is 0.0648. The predicted molar refractivity (Wildman–Crippen MR) is 141 cm³/mol. The van der Waals surface area contributed by atoms with Crippen molar-refractivity contribution in [1.29, 1.82) is 0 Å². The van der Waals surface area contributed by atoms with E-state index < -0.39 is 0 Å². The summed E-state index contributed by atoms with van der Waals surface area (Å²) in [7, 11) is 0. The molecule has 34 heavy (non-hydrogen) atoms. The van der Waals surface area contributed by atoms with Crippen LogP contribution in [-0.2, 0) is 4.74 Å². The van der Waals surface area contributed by atoms with Crippen molar-refractivity contribution in [3.8, 4) is 11.3 Å². The van der Waals surface area contributed by atoms with Gasteiger partial charge in [0.25, 0.3) is 0 Å². The molecule has 6 nitrogen and oxygen atoms in total. The fourth-order valence-electron chi connectivity index (χ4n) is 4.72. The number of aryl methyl sites for hydroxylation is 1. The van der Waals surface area contributed by atoms with E-state index in [9.17, 15) is 0 Å². The highest BCUT2D eigenvalue weighted by molar-refractivity contribution is 9.10. The van der Waals surface area contributed by atoms with Crippen LogP contribution in [0.5, 0.6) is 0 Å². The Balaban J connectivity index is 1.41. The number of benzene rings is 1. The molecule has 178 valence electrons. The molecule has 2 fully saturated rings. The molecule has 0 amide bonds. The van der Waals surface area contributed by atoms with E-state index in [4.69, 9.17) is 21.4 Å². The highest BCUT2D eigenvalue weighted by Crippen LogP contribution is 2.41. The molecular formula is C26H29BrN4O2S. The zero-order valence-corrected chi connectivity index (χ0v) is 21.6. The number of morpholine rings is 1. The van der Waals surface area contributed by atoms with E-state index >= 15 is 0 Å². The quantitative estimate of drug-likeness (QED) is 0.418. The van der Waals surface area contributed by atoms with Gasteiger partial charge in [0.2, 0.25) is 0 Å². The summed E-state index contributed by atoms with van der Waals surface area (Å²) in [6.07, 6.45) is 2.85. The molecule has 3 aromatic rings. The maximum atomic E-state index is 6.47. The molecule has 2 aliphatic rings. The Hall–Kier alpha value is -2.26. The molecule has 1 N–H and O–H groups in total. The number of pyridine rings is 1. The Morgan fingerprint density at radius 3 is 2.74 bits per heavy atom. The van der Waals surface area contributed by atoms with Crippen molar-refractivity contribution in [2.75, 3.05) is 39.4 Å². The average Bonchev–Trinajstić information content (AvgIpc) is 3.45. The molecular weight excluding hydrogens is 512 g/mol. The Morgan fingerprint density at radius 2 is 1.97 bits per heavy atom. The monoisotopic (exact) mass is 540 g/mol. The van der Waals surface area contributed by atoms with Gasteiger partial charge in [-0.2, -0.15) is 0 Å². The van der Waals surface area contributed by atoms with Gasteiger partial charge in [-0.3, -0.25) is 9.88 Å². The molecule has 2 saturated heterocycles. The molecule has 0 bridgehead atoms. The van der Waals surface area contributed by atoms with Gasteiger partial charge in [0.1, 0.15) is 17.6 Å². The third-order valence-corrected chi connectivity index (χ3v) is 7.49. The minimum atomic E-state index is -0.0717. The molecule has 5 rings (SSSR count). The van der Waals surface area contributed by atoms with Gasteiger partial charge in [-0.15, -0.1) is 0 Å². The SMILES string of the molecule is Cc1ccc(-c2ccc([C@@H]3[C@@H](c4ccccn4)NC(=S)N3CCCN3CCOCC3)o2)c(Br)c1. The van der Waals surface area contributed by atoms with E-state index in [-0.39, 0.29) is 12.1 Å². The summed E-state index contributed by atoms with van der Waals surface area (Å²) in [5.41, 5.74) is 3.20. The van der Waals surface area contributed by atoms with Crippen LogP contribution in [0.25, 0.3) is 11.3 Å². The smallest absolute Gasteiger partial charge is 0.170 e. The lowest BCUT2D eigenvalue weighted by molar-refractivity contribution is 0.0365. The van der Waals surface area contributed by atoms with E-state index in [1.165, 1.54) is 5.56 Å². The second-order valence-corrected chi connectivity index (χ2v) is 10.1. The summed E-state index contributed by atoms with van der Waals surface area (Å²) in [6.45, 7) is 7.59. The fraction of sp³-hybridized carbons (Fsp3) is 0.385. The summed E-state index contributed by atoms with van der Waals surface area (Å²) in [5.74, 6) is 1.73. The minimum Gasteiger partial charge on any atom is -0.459 e. The second-order valence-electron chi connectivity index (χ2n) is 8.81. The van der Waals surface area contributed by atoms with Gasteiger partial charge in [-0.05, 0) is 67.5 Å². The predicted octanol–water partition coefficient (Wildman–Crippen LogP) is 5.11. The van der Waals surface area contributed by atoms with E-state index in [2.05, 4.69) is 67.2 Å². The Kier molecular flexibility index (Phi) is 7.29. The molecule has 2 atom stereocenters. The Morgan fingerprint density at radius 1 is 1.12 bits per heavy atom. The van der Waals surface area contributed by atoms with Crippen LogP contribution in [0.2, 0.25) is 0 Å². The zero-order valence-electron chi connectivity index (χ0n) is 19.2. The van der Waals surface area contributed by atoms with Gasteiger partial charge in [0.05, 0.1) is 24.9 Å². The zero-order chi connectivity index (χ0) is 23.5. The maximum absolute atomic E-state index is 6.47. The van der Waals surface area contributed by atoms with Gasteiger partial charge in [0, 0.05) is 42.4 Å². The molecule has 8 heteroatoms. The van der Waals surface area contributed by atoms with Crippen LogP contribution in [0.15, 0.2) is 63.6 Å². The lowest BCUT2D eigenvalue weighted by atomic mass is 10.0. The van der Waals surface area contributed by atoms with Crippen molar-refractivity contribution >= 4 is 33.3 Å². The van der Waals surface area contributed by atoms with Gasteiger partial charge in [-0.25, -0.2) is 0 Å². The van der Waals surface area contributed by atoms with Crippen molar-refractivity contribution in [3.63, 3.8) is 0 Å². The maximum Gasteiger partial charge on any atom is 0.170 e. The molecule has 2 aromatic heterocycles. The van der Waals surface area contributed by atoms with E-state index in [1.54, 1.807) is 0 Å². The van der Waals surface area contributed by atoms with E-state index in [0.717, 1.165) is 78.2 Å². The fourth-order valence-corrected chi connectivity index (χ4v) is 5.74. The van der Waals surface area contributed by atoms with Crippen molar-refractivity contribution < 1.29 is 9.15 Å². The first-order chi connectivity index (χ1) is 16.6. The molecule has 0 aliphatic carbocycles. The summed E-state index contributed by atoms with van der Waals surface area (Å²) < 4.78 is 13.0. The van der Waals surface area contributed by atoms with Crippen LogP contribution in [0, 0.1) is 6.92 Å². The van der Waals surface area contributed by atoms with Gasteiger partial charge in [0.15, 0.2) is 5.11 Å². The number of furan rings is 1. The van der Waals surface area contributed by atoms with Crippen LogP contribution < -0.4 is 5.32 Å². The number of rotatable bonds is 7. The third-order valence-electron chi connectivity index (χ3n) is 6.48. The molecule has 0 unspecified atom stereocenters. The normalized spacial score (nSPS) is 21.1. The third kappa shape index (κ3) is 5.05. The van der Waals surface area contributed by atoms with Gasteiger partial charge >= 0.3 is 0 Å². The molecule has 0 radical (unpaired) electrons. The number of hydrogen-bond acceptors (Lipinski definition) is 5. The van der Waals surface area contributed by atoms with E-state index in [0.29, 0.717) is 0 Å². The number of aromatic nitrogens is 1. The summed E-state index contributed by atoms with van der Waals surface area (Å²) in [4.78, 5) is 9.35. The first kappa shape index (κ1) is 23.5. The molecule has 0 spiro atoms. The average molecular weight is 542 g/mol. The number of halogens is 1. The second kappa shape index (κ2) is 10.6. The van der Waals surface area contributed by atoms with Crippen LogP contribution in [0.4, 0.5) is 0 Å². The van der Waals surface area contributed by atoms with Crippen LogP contribution in [-0.4, -0.2) is 59.3 Å². The molecule has 2 aliphatic heterocycles. The number of nitrogens with one attached hydrogen (secondary N) is 1. The number of ether oxygens (including phenoxy) is 1. The van der Waals surface area contributed by atoms with Crippen LogP contribution >= 0.6 is 28.1 Å². The highest BCUT2D eigenvalue weighted by Gasteiger charge is 2.41. The van der Waals surface area contributed by atoms with Gasteiger partial charge < -0.3 is 19.4 Å². The van der Waals surface area contributed by atoms with Crippen molar-refractivity contribution in [3.05, 3.63) is 76.2 Å². The first-order valence-corrected chi connectivity index (χ1v) is 12.9.